The third-order valence-corrected chi connectivity index (χ3v) is 5.79. The minimum atomic E-state index is -0.804. The lowest BCUT2D eigenvalue weighted by Gasteiger charge is -2.15. The Morgan fingerprint density at radius 1 is 0.632 bits per heavy atom. The predicted molar refractivity (Wildman–Crippen MR) is 144 cm³/mol. The number of anilines is 1. The van der Waals surface area contributed by atoms with Gasteiger partial charge in [-0.25, -0.2) is 9.59 Å². The van der Waals surface area contributed by atoms with Crippen LogP contribution in [0, 0.1) is 0 Å². The van der Waals surface area contributed by atoms with Gasteiger partial charge in [0.25, 0.3) is 0 Å². The first-order valence-electron chi connectivity index (χ1n) is 12.2. The Labute approximate surface area is 221 Å². The van der Waals surface area contributed by atoms with Crippen LogP contribution in [0.1, 0.15) is 37.4 Å². The fourth-order valence-corrected chi connectivity index (χ4v) is 3.77. The molecule has 0 unspecified atom stereocenters. The largest absolute Gasteiger partial charge is 0.457 e. The van der Waals surface area contributed by atoms with Crippen molar-refractivity contribution in [2.75, 3.05) is 5.32 Å². The third kappa shape index (κ3) is 7.38. The molecule has 0 saturated heterocycles. The van der Waals surface area contributed by atoms with E-state index in [0.717, 1.165) is 16.7 Å². The quantitative estimate of drug-likeness (QED) is 0.295. The monoisotopic (exact) mass is 508 g/mol. The SMILES string of the molecule is N[C@@H](Cc1ccccc1)C(=O)Nc1ccc(C(=O)OCc2ccccc2)c(C(=O)OCc2ccccc2)c1. The van der Waals surface area contributed by atoms with Crippen molar-refractivity contribution < 1.29 is 23.9 Å². The lowest BCUT2D eigenvalue weighted by Crippen LogP contribution is -2.37. The van der Waals surface area contributed by atoms with Crippen molar-refractivity contribution in [1.29, 1.82) is 0 Å². The van der Waals surface area contributed by atoms with Crippen LogP contribution in [0.5, 0.6) is 0 Å². The Morgan fingerprint density at radius 2 is 1.11 bits per heavy atom. The van der Waals surface area contributed by atoms with E-state index >= 15 is 0 Å². The lowest BCUT2D eigenvalue weighted by atomic mass is 10.0. The van der Waals surface area contributed by atoms with Gasteiger partial charge in [-0.1, -0.05) is 91.0 Å². The normalized spacial score (nSPS) is 11.3. The highest BCUT2D eigenvalue weighted by molar-refractivity contribution is 6.05. The van der Waals surface area contributed by atoms with Crippen molar-refractivity contribution in [3.63, 3.8) is 0 Å². The van der Waals surface area contributed by atoms with Crippen molar-refractivity contribution in [2.45, 2.75) is 25.7 Å². The summed E-state index contributed by atoms with van der Waals surface area (Å²) in [6.45, 7) is 0.0711. The number of amides is 1. The Hall–Kier alpha value is -4.75. The lowest BCUT2D eigenvalue weighted by molar-refractivity contribution is -0.117. The molecular weight excluding hydrogens is 480 g/mol. The number of esters is 2. The first-order chi connectivity index (χ1) is 18.5. The van der Waals surface area contributed by atoms with Gasteiger partial charge in [-0.15, -0.1) is 0 Å². The number of nitrogens with two attached hydrogens (primary N) is 1. The second-order valence-electron chi connectivity index (χ2n) is 8.67. The molecule has 0 aliphatic carbocycles. The van der Waals surface area contributed by atoms with Crippen molar-refractivity contribution in [3.8, 4) is 0 Å². The molecule has 0 aliphatic rings. The summed E-state index contributed by atoms with van der Waals surface area (Å²) < 4.78 is 10.9. The van der Waals surface area contributed by atoms with E-state index in [9.17, 15) is 14.4 Å². The van der Waals surface area contributed by atoms with Crippen LogP contribution in [0.4, 0.5) is 5.69 Å². The zero-order valence-electron chi connectivity index (χ0n) is 20.7. The Balaban J connectivity index is 1.51. The molecular formula is C31H28N2O5. The van der Waals surface area contributed by atoms with Crippen LogP contribution in [-0.2, 0) is 33.9 Å². The van der Waals surface area contributed by atoms with Gasteiger partial charge >= 0.3 is 11.9 Å². The van der Waals surface area contributed by atoms with Crippen LogP contribution < -0.4 is 11.1 Å². The van der Waals surface area contributed by atoms with Crippen molar-refractivity contribution in [1.82, 2.24) is 0 Å². The number of hydrogen-bond donors (Lipinski definition) is 2. The van der Waals surface area contributed by atoms with Crippen molar-refractivity contribution in [2.24, 2.45) is 5.73 Å². The van der Waals surface area contributed by atoms with Gasteiger partial charge < -0.3 is 20.5 Å². The average Bonchev–Trinajstić information content (AvgIpc) is 2.96. The molecule has 3 N–H and O–H groups in total. The topological polar surface area (TPSA) is 108 Å². The maximum absolute atomic E-state index is 13.1. The highest BCUT2D eigenvalue weighted by Gasteiger charge is 2.22. The summed E-state index contributed by atoms with van der Waals surface area (Å²) >= 11 is 0. The summed E-state index contributed by atoms with van der Waals surface area (Å²) in [6, 6.07) is 31.4. The number of rotatable bonds is 10. The molecule has 0 spiro atoms. The minimum absolute atomic E-state index is 0.0200. The fraction of sp³-hybridized carbons (Fsp3) is 0.129. The molecule has 0 heterocycles. The van der Waals surface area contributed by atoms with Gasteiger partial charge in [0.15, 0.2) is 0 Å². The molecule has 7 heteroatoms. The maximum atomic E-state index is 13.1. The van der Waals surface area contributed by atoms with Crippen LogP contribution in [0.2, 0.25) is 0 Å². The van der Waals surface area contributed by atoms with Gasteiger partial charge in [0, 0.05) is 5.69 Å². The van der Waals surface area contributed by atoms with E-state index in [2.05, 4.69) is 5.32 Å². The fourth-order valence-electron chi connectivity index (χ4n) is 3.77. The van der Waals surface area contributed by atoms with E-state index in [1.807, 2.05) is 91.0 Å². The number of nitrogens with one attached hydrogen (secondary N) is 1. The van der Waals surface area contributed by atoms with Crippen LogP contribution in [0.25, 0.3) is 0 Å². The number of carbonyl (C=O) groups is 3. The second-order valence-corrected chi connectivity index (χ2v) is 8.67. The standard InChI is InChI=1S/C31H28N2O5/c32-28(18-22-10-4-1-5-11-22)29(34)33-25-16-17-26(30(35)37-20-23-12-6-2-7-13-23)27(19-25)31(36)38-21-24-14-8-3-9-15-24/h1-17,19,28H,18,20-21,32H2,(H,33,34)/t28-/m0/s1. The molecule has 192 valence electrons. The van der Waals surface area contributed by atoms with Crippen LogP contribution >= 0.6 is 0 Å². The molecule has 4 aromatic rings. The molecule has 7 nitrogen and oxygen atoms in total. The van der Waals surface area contributed by atoms with Gasteiger partial charge in [-0.05, 0) is 41.3 Å². The van der Waals surface area contributed by atoms with E-state index in [1.165, 1.54) is 18.2 Å². The molecule has 1 atom stereocenters. The molecule has 0 aliphatic heterocycles. The summed E-state index contributed by atoms with van der Waals surface area (Å²) in [7, 11) is 0. The predicted octanol–water partition coefficient (Wildman–Crippen LogP) is 4.91. The molecule has 0 bridgehead atoms. The van der Waals surface area contributed by atoms with E-state index in [4.69, 9.17) is 15.2 Å². The summed E-state index contributed by atoms with van der Waals surface area (Å²) in [5.74, 6) is -1.82. The summed E-state index contributed by atoms with van der Waals surface area (Å²) in [5.41, 5.74) is 8.96. The summed E-state index contributed by atoms with van der Waals surface area (Å²) in [5, 5.41) is 2.73. The highest BCUT2D eigenvalue weighted by Crippen LogP contribution is 2.20. The smallest absolute Gasteiger partial charge is 0.339 e. The molecule has 0 fully saturated rings. The number of benzene rings is 4. The Bertz CT molecular complexity index is 1380. The number of carbonyl (C=O) groups excluding carboxylic acids is 3. The van der Waals surface area contributed by atoms with Crippen LogP contribution in [0.3, 0.4) is 0 Å². The van der Waals surface area contributed by atoms with Gasteiger partial charge in [0.2, 0.25) is 5.91 Å². The van der Waals surface area contributed by atoms with Gasteiger partial charge in [-0.3, -0.25) is 4.79 Å². The van der Waals surface area contributed by atoms with Crippen LogP contribution in [0.15, 0.2) is 109 Å². The highest BCUT2D eigenvalue weighted by atomic mass is 16.5. The molecule has 0 saturated carbocycles. The molecule has 1 amide bonds. The summed E-state index contributed by atoms with van der Waals surface area (Å²) in [6.07, 6.45) is 0.350. The van der Waals surface area contributed by atoms with Crippen molar-refractivity contribution >= 4 is 23.5 Å². The van der Waals surface area contributed by atoms with Gasteiger partial charge in [0.1, 0.15) is 13.2 Å². The third-order valence-electron chi connectivity index (χ3n) is 5.79. The second kappa shape index (κ2) is 13.0. The van der Waals surface area contributed by atoms with Gasteiger partial charge in [-0.2, -0.15) is 0 Å². The van der Waals surface area contributed by atoms with Crippen molar-refractivity contribution in [3.05, 3.63) is 137 Å². The molecule has 0 aromatic heterocycles. The Kier molecular flexibility index (Phi) is 8.99. The van der Waals surface area contributed by atoms with E-state index < -0.39 is 23.9 Å². The van der Waals surface area contributed by atoms with E-state index in [1.54, 1.807) is 0 Å². The first kappa shape index (κ1) is 26.3. The summed E-state index contributed by atoms with van der Waals surface area (Å²) in [4.78, 5) is 38.7. The molecule has 4 rings (SSSR count). The Morgan fingerprint density at radius 3 is 1.63 bits per heavy atom. The first-order valence-corrected chi connectivity index (χ1v) is 12.2. The maximum Gasteiger partial charge on any atom is 0.339 e. The number of hydrogen-bond acceptors (Lipinski definition) is 6. The van der Waals surface area contributed by atoms with E-state index in [-0.39, 0.29) is 24.3 Å². The zero-order valence-corrected chi connectivity index (χ0v) is 20.7. The van der Waals surface area contributed by atoms with E-state index in [0.29, 0.717) is 12.1 Å². The zero-order chi connectivity index (χ0) is 26.7. The van der Waals surface area contributed by atoms with Gasteiger partial charge in [0.05, 0.1) is 17.2 Å². The molecule has 38 heavy (non-hydrogen) atoms. The molecule has 4 aromatic carbocycles. The molecule has 0 radical (unpaired) electrons. The van der Waals surface area contributed by atoms with Crippen LogP contribution in [-0.4, -0.2) is 23.9 Å². The number of ether oxygens (including phenoxy) is 2. The average molecular weight is 509 g/mol. The minimum Gasteiger partial charge on any atom is -0.457 e.